The molecule has 0 fully saturated rings. The van der Waals surface area contributed by atoms with Crippen molar-refractivity contribution in [1.82, 2.24) is 0 Å². The molecule has 0 saturated carbocycles. The van der Waals surface area contributed by atoms with Gasteiger partial charge >= 0.3 is 0 Å². The minimum Gasteiger partial charge on any atom is -0.545 e. The van der Waals surface area contributed by atoms with Crippen LogP contribution in [0.5, 0.6) is 0 Å². The highest BCUT2D eigenvalue weighted by atomic mass is 16.4. The molecule has 16 heavy (non-hydrogen) atoms. The van der Waals surface area contributed by atoms with E-state index in [4.69, 9.17) is 0 Å². The number of hydrogen-bond acceptors (Lipinski definition) is 4. The number of hydrogen-bond donors (Lipinski definition) is 0. The van der Waals surface area contributed by atoms with Gasteiger partial charge < -0.3 is 19.8 Å². The van der Waals surface area contributed by atoms with Gasteiger partial charge in [0.1, 0.15) is 0 Å². The third-order valence-electron chi connectivity index (χ3n) is 2.27. The zero-order valence-corrected chi connectivity index (χ0v) is 9.37. The SMILES string of the molecule is CC(C)(C)c1cc(C(=O)[O-])cc(C(=O)[O-])c1. The fraction of sp³-hybridized carbons (Fsp3) is 0.333. The van der Waals surface area contributed by atoms with Crippen molar-refractivity contribution in [1.29, 1.82) is 0 Å². The Hall–Kier alpha value is -1.84. The number of benzene rings is 1. The smallest absolute Gasteiger partial charge is 0.0715 e. The molecule has 86 valence electrons. The van der Waals surface area contributed by atoms with E-state index in [0.717, 1.165) is 6.07 Å². The Morgan fingerprint density at radius 2 is 1.31 bits per heavy atom. The van der Waals surface area contributed by atoms with Crippen molar-refractivity contribution in [3.63, 3.8) is 0 Å². The molecule has 1 rings (SSSR count). The Morgan fingerprint density at radius 3 is 1.56 bits per heavy atom. The van der Waals surface area contributed by atoms with Crippen molar-refractivity contribution in [2.75, 3.05) is 0 Å². The zero-order valence-electron chi connectivity index (χ0n) is 9.37. The lowest BCUT2D eigenvalue weighted by Crippen LogP contribution is -2.27. The fourth-order valence-corrected chi connectivity index (χ4v) is 1.30. The maximum atomic E-state index is 10.7. The molecular formula is C12H12O4-2. The molecule has 1 aromatic carbocycles. The highest BCUT2D eigenvalue weighted by molar-refractivity contribution is 5.92. The number of carbonyl (C=O) groups is 2. The molecule has 1 aromatic rings. The monoisotopic (exact) mass is 220 g/mol. The van der Waals surface area contributed by atoms with Gasteiger partial charge in [-0.1, -0.05) is 20.8 Å². The van der Waals surface area contributed by atoms with Gasteiger partial charge in [-0.15, -0.1) is 0 Å². The summed E-state index contributed by atoms with van der Waals surface area (Å²) in [5.41, 5.74) is -0.0120. The number of rotatable bonds is 2. The Bertz CT molecular complexity index is 409. The maximum absolute atomic E-state index is 10.7. The fourth-order valence-electron chi connectivity index (χ4n) is 1.30. The van der Waals surface area contributed by atoms with E-state index in [1.165, 1.54) is 12.1 Å². The summed E-state index contributed by atoms with van der Waals surface area (Å²) in [6, 6.07) is 3.88. The number of carbonyl (C=O) groups excluding carboxylic acids is 2. The van der Waals surface area contributed by atoms with Crippen molar-refractivity contribution in [3.05, 3.63) is 34.9 Å². The van der Waals surface area contributed by atoms with Gasteiger partial charge in [-0.05, 0) is 40.3 Å². The van der Waals surface area contributed by atoms with Crippen LogP contribution >= 0.6 is 0 Å². The molecule has 0 saturated heterocycles. The van der Waals surface area contributed by atoms with Gasteiger partial charge in [0.05, 0.1) is 11.9 Å². The van der Waals surface area contributed by atoms with E-state index in [0.29, 0.717) is 5.56 Å². The maximum Gasteiger partial charge on any atom is 0.0715 e. The van der Waals surface area contributed by atoms with Crippen LogP contribution < -0.4 is 10.2 Å². The molecule has 0 atom stereocenters. The summed E-state index contributed by atoms with van der Waals surface area (Å²) in [5.74, 6) is -2.79. The first kappa shape index (κ1) is 12.2. The molecule has 0 aliphatic heterocycles. The van der Waals surface area contributed by atoms with Crippen molar-refractivity contribution < 1.29 is 19.8 Å². The first-order valence-corrected chi connectivity index (χ1v) is 4.80. The normalized spacial score (nSPS) is 11.2. The van der Waals surface area contributed by atoms with Crippen LogP contribution in [0.25, 0.3) is 0 Å². The van der Waals surface area contributed by atoms with E-state index in [2.05, 4.69) is 0 Å². The predicted molar refractivity (Wildman–Crippen MR) is 53.8 cm³/mol. The second kappa shape index (κ2) is 3.96. The van der Waals surface area contributed by atoms with Crippen molar-refractivity contribution >= 4 is 11.9 Å². The lowest BCUT2D eigenvalue weighted by atomic mass is 9.85. The topological polar surface area (TPSA) is 80.3 Å². The zero-order chi connectivity index (χ0) is 12.5. The van der Waals surface area contributed by atoms with Crippen LogP contribution in [0, 0.1) is 0 Å². The Morgan fingerprint density at radius 1 is 0.938 bits per heavy atom. The summed E-state index contributed by atoms with van der Waals surface area (Å²) < 4.78 is 0. The van der Waals surface area contributed by atoms with Crippen molar-refractivity contribution in [2.24, 2.45) is 0 Å². The third-order valence-corrected chi connectivity index (χ3v) is 2.27. The molecule has 0 spiro atoms. The molecule has 0 aliphatic carbocycles. The lowest BCUT2D eigenvalue weighted by Gasteiger charge is -2.21. The summed E-state index contributed by atoms with van der Waals surface area (Å²) >= 11 is 0. The summed E-state index contributed by atoms with van der Waals surface area (Å²) in [6.07, 6.45) is 0. The van der Waals surface area contributed by atoms with Gasteiger partial charge in [0.15, 0.2) is 0 Å². The average Bonchev–Trinajstić information content (AvgIpc) is 2.15. The van der Waals surface area contributed by atoms with E-state index in [-0.39, 0.29) is 16.5 Å². The summed E-state index contributed by atoms with van der Waals surface area (Å²) in [5, 5.41) is 21.5. The first-order chi connectivity index (χ1) is 7.21. The van der Waals surface area contributed by atoms with E-state index in [1.54, 1.807) is 0 Å². The lowest BCUT2D eigenvalue weighted by molar-refractivity contribution is -0.255. The number of carboxylic acids is 2. The number of aromatic carboxylic acids is 2. The average molecular weight is 220 g/mol. The van der Waals surface area contributed by atoms with Crippen LogP contribution in [0.3, 0.4) is 0 Å². The van der Waals surface area contributed by atoms with Crippen molar-refractivity contribution in [2.45, 2.75) is 26.2 Å². The summed E-state index contributed by atoms with van der Waals surface area (Å²) in [7, 11) is 0. The second-order valence-corrected chi connectivity index (χ2v) is 4.62. The van der Waals surface area contributed by atoms with E-state index in [1.807, 2.05) is 20.8 Å². The van der Waals surface area contributed by atoms with Crippen molar-refractivity contribution in [3.8, 4) is 0 Å². The van der Waals surface area contributed by atoms with Crippen LogP contribution in [-0.4, -0.2) is 11.9 Å². The molecule has 0 aliphatic rings. The van der Waals surface area contributed by atoms with Gasteiger partial charge in [0.25, 0.3) is 0 Å². The molecule has 0 unspecified atom stereocenters. The van der Waals surface area contributed by atoms with Crippen LogP contribution in [0.4, 0.5) is 0 Å². The molecule has 4 nitrogen and oxygen atoms in total. The first-order valence-electron chi connectivity index (χ1n) is 4.80. The molecule has 0 amide bonds. The minimum atomic E-state index is -1.39. The summed E-state index contributed by atoms with van der Waals surface area (Å²) in [6.45, 7) is 5.58. The molecule has 0 aromatic heterocycles. The van der Waals surface area contributed by atoms with E-state index >= 15 is 0 Å². The predicted octanol–water partition coefficient (Wildman–Crippen LogP) is -0.289. The Labute approximate surface area is 93.5 Å². The standard InChI is InChI=1S/C12H14O4/c1-12(2,3)9-5-7(10(13)14)4-8(6-9)11(15)16/h4-6H,1-3H3,(H,13,14)(H,15,16)/p-2. The van der Waals surface area contributed by atoms with E-state index < -0.39 is 11.9 Å². The van der Waals surface area contributed by atoms with Crippen LogP contribution in [0.1, 0.15) is 47.1 Å². The second-order valence-electron chi connectivity index (χ2n) is 4.62. The molecule has 4 heteroatoms. The van der Waals surface area contributed by atoms with Gasteiger partial charge in [0, 0.05) is 0 Å². The third kappa shape index (κ3) is 2.59. The summed E-state index contributed by atoms with van der Waals surface area (Å²) in [4.78, 5) is 21.5. The van der Waals surface area contributed by atoms with E-state index in [9.17, 15) is 19.8 Å². The molecule has 0 radical (unpaired) electrons. The van der Waals surface area contributed by atoms with Gasteiger partial charge in [-0.25, -0.2) is 0 Å². The minimum absolute atomic E-state index is 0.147. The largest absolute Gasteiger partial charge is 0.545 e. The van der Waals surface area contributed by atoms with Crippen LogP contribution in [0.15, 0.2) is 18.2 Å². The van der Waals surface area contributed by atoms with Crippen LogP contribution in [-0.2, 0) is 5.41 Å². The van der Waals surface area contributed by atoms with Gasteiger partial charge in [0.2, 0.25) is 0 Å². The van der Waals surface area contributed by atoms with Gasteiger partial charge in [-0.2, -0.15) is 0 Å². The number of carboxylic acid groups (broad SMARTS) is 2. The molecule has 0 heterocycles. The molecule has 0 bridgehead atoms. The quantitative estimate of drug-likeness (QED) is 0.686. The Kier molecular flexibility index (Phi) is 3.03. The Balaban J connectivity index is 3.42. The van der Waals surface area contributed by atoms with Gasteiger partial charge in [-0.3, -0.25) is 0 Å². The highest BCUT2D eigenvalue weighted by Crippen LogP contribution is 2.24. The molecule has 0 N–H and O–H groups in total. The van der Waals surface area contributed by atoms with Crippen LogP contribution in [0.2, 0.25) is 0 Å². The highest BCUT2D eigenvalue weighted by Gasteiger charge is 2.15. The molecular weight excluding hydrogens is 208 g/mol.